The lowest BCUT2D eigenvalue weighted by Gasteiger charge is -2.04. The Bertz CT molecular complexity index is 523. The zero-order valence-electron chi connectivity index (χ0n) is 9.14. The van der Waals surface area contributed by atoms with Gasteiger partial charge in [0.05, 0.1) is 6.20 Å². The molecule has 0 saturated heterocycles. The van der Waals surface area contributed by atoms with E-state index >= 15 is 0 Å². The van der Waals surface area contributed by atoms with Crippen molar-refractivity contribution in [2.75, 3.05) is 11.9 Å². The summed E-state index contributed by atoms with van der Waals surface area (Å²) in [7, 11) is 0. The highest BCUT2D eigenvalue weighted by Crippen LogP contribution is 2.08. The molecule has 5 nitrogen and oxygen atoms in total. The third-order valence-corrected chi connectivity index (χ3v) is 2.31. The van der Waals surface area contributed by atoms with Gasteiger partial charge >= 0.3 is 0 Å². The Balaban J connectivity index is 2.25. The van der Waals surface area contributed by atoms with Gasteiger partial charge in [0, 0.05) is 6.54 Å². The number of nitrogens with zero attached hydrogens (tertiary/aromatic N) is 4. The Labute approximate surface area is 93.7 Å². The molecule has 0 aromatic carbocycles. The number of nitrogens with one attached hydrogen (secondary N) is 1. The van der Waals surface area contributed by atoms with E-state index in [-0.39, 0.29) is 0 Å². The number of fused-ring (bicyclic) bond motifs is 1. The lowest BCUT2D eigenvalue weighted by Crippen LogP contribution is -2.05. The lowest BCUT2D eigenvalue weighted by atomic mass is 10.3. The molecule has 0 amide bonds. The summed E-state index contributed by atoms with van der Waals surface area (Å²) < 4.78 is 1.55. The van der Waals surface area contributed by atoms with Crippen molar-refractivity contribution in [2.24, 2.45) is 0 Å². The number of rotatable bonds is 4. The second kappa shape index (κ2) is 4.62. The maximum absolute atomic E-state index is 8.86. The van der Waals surface area contributed by atoms with Crippen LogP contribution in [0, 0.1) is 11.3 Å². The number of hydrogen-bond acceptors (Lipinski definition) is 4. The van der Waals surface area contributed by atoms with Crippen LogP contribution in [0.3, 0.4) is 0 Å². The van der Waals surface area contributed by atoms with Crippen LogP contribution < -0.4 is 5.32 Å². The summed E-state index contributed by atoms with van der Waals surface area (Å²) in [5.74, 6) is 0.774. The number of unbranched alkanes of at least 4 members (excludes halogenated alkanes) is 1. The van der Waals surface area contributed by atoms with Gasteiger partial charge in [-0.1, -0.05) is 13.3 Å². The molecule has 5 heteroatoms. The maximum atomic E-state index is 8.86. The van der Waals surface area contributed by atoms with E-state index < -0.39 is 0 Å². The Kier molecular flexibility index (Phi) is 3.01. The van der Waals surface area contributed by atoms with Crippen molar-refractivity contribution in [1.82, 2.24) is 14.6 Å². The number of imidazole rings is 1. The lowest BCUT2D eigenvalue weighted by molar-refractivity contribution is 0.821. The summed E-state index contributed by atoms with van der Waals surface area (Å²) in [5, 5.41) is 16.4. The van der Waals surface area contributed by atoms with Gasteiger partial charge in [-0.3, -0.25) is 0 Å². The van der Waals surface area contributed by atoms with E-state index in [2.05, 4.69) is 28.4 Å². The van der Waals surface area contributed by atoms with E-state index in [4.69, 9.17) is 5.26 Å². The highest BCUT2D eigenvalue weighted by Gasteiger charge is 2.03. The molecule has 0 fully saturated rings. The largest absolute Gasteiger partial charge is 0.369 e. The Morgan fingerprint density at radius 2 is 2.38 bits per heavy atom. The number of aromatic nitrogens is 3. The summed E-state index contributed by atoms with van der Waals surface area (Å²) in [6.45, 7) is 3.04. The van der Waals surface area contributed by atoms with E-state index in [0.29, 0.717) is 11.3 Å². The third kappa shape index (κ3) is 1.96. The summed E-state index contributed by atoms with van der Waals surface area (Å²) >= 11 is 0. The second-order valence-electron chi connectivity index (χ2n) is 3.52. The summed E-state index contributed by atoms with van der Waals surface area (Å²) in [4.78, 5) is 4.08. The molecule has 0 aliphatic rings. The molecule has 0 aliphatic heterocycles. The molecule has 0 unspecified atom stereocenters. The van der Waals surface area contributed by atoms with Crippen molar-refractivity contribution < 1.29 is 0 Å². The van der Waals surface area contributed by atoms with E-state index in [0.717, 1.165) is 25.2 Å². The minimum absolute atomic E-state index is 0.453. The van der Waals surface area contributed by atoms with Crippen molar-refractivity contribution >= 4 is 11.5 Å². The molecule has 82 valence electrons. The molecular formula is C11H13N5. The zero-order chi connectivity index (χ0) is 11.4. The van der Waals surface area contributed by atoms with Gasteiger partial charge in [-0.25, -0.2) is 9.50 Å². The summed E-state index contributed by atoms with van der Waals surface area (Å²) in [5.41, 5.74) is 1.15. The molecule has 16 heavy (non-hydrogen) atoms. The normalized spacial score (nSPS) is 10.2. The molecule has 2 heterocycles. The Morgan fingerprint density at radius 1 is 1.50 bits per heavy atom. The number of nitriles is 1. The highest BCUT2D eigenvalue weighted by atomic mass is 15.3. The minimum atomic E-state index is 0.453. The molecule has 2 rings (SSSR count). The van der Waals surface area contributed by atoms with Gasteiger partial charge in [0.2, 0.25) is 0 Å². The zero-order valence-corrected chi connectivity index (χ0v) is 9.14. The standard InChI is InChI=1S/C11H13N5/c1-2-3-6-13-10-4-5-11-14-8-9(7-12)16(11)15-10/h4-5,8H,2-3,6H2,1H3,(H,13,15). The van der Waals surface area contributed by atoms with E-state index in [9.17, 15) is 0 Å². The molecular weight excluding hydrogens is 202 g/mol. The van der Waals surface area contributed by atoms with E-state index in [1.54, 1.807) is 4.52 Å². The van der Waals surface area contributed by atoms with Crippen LogP contribution in [-0.4, -0.2) is 21.1 Å². The molecule has 0 aliphatic carbocycles. The minimum Gasteiger partial charge on any atom is -0.369 e. The van der Waals surface area contributed by atoms with Gasteiger partial charge in [0.1, 0.15) is 11.9 Å². The predicted octanol–water partition coefficient (Wildman–Crippen LogP) is 1.81. The maximum Gasteiger partial charge on any atom is 0.162 e. The van der Waals surface area contributed by atoms with Crippen molar-refractivity contribution in [3.05, 3.63) is 24.0 Å². The van der Waals surface area contributed by atoms with Crippen LogP contribution >= 0.6 is 0 Å². The van der Waals surface area contributed by atoms with Gasteiger partial charge in [-0.15, -0.1) is 5.10 Å². The Morgan fingerprint density at radius 3 is 3.12 bits per heavy atom. The van der Waals surface area contributed by atoms with Crippen molar-refractivity contribution in [2.45, 2.75) is 19.8 Å². The molecule has 0 atom stereocenters. The molecule has 0 radical (unpaired) electrons. The van der Waals surface area contributed by atoms with Crippen LogP contribution in [-0.2, 0) is 0 Å². The van der Waals surface area contributed by atoms with Gasteiger partial charge in [-0.2, -0.15) is 5.26 Å². The SMILES string of the molecule is CCCCNc1ccc2ncc(C#N)n2n1. The monoisotopic (exact) mass is 215 g/mol. The first-order valence-corrected chi connectivity index (χ1v) is 5.34. The summed E-state index contributed by atoms with van der Waals surface area (Å²) in [6.07, 6.45) is 3.77. The first-order chi connectivity index (χ1) is 7.85. The predicted molar refractivity (Wildman–Crippen MR) is 61.1 cm³/mol. The molecule has 0 saturated carbocycles. The van der Waals surface area contributed by atoms with Crippen LogP contribution in [0.25, 0.3) is 5.65 Å². The van der Waals surface area contributed by atoms with Crippen LogP contribution in [0.2, 0.25) is 0 Å². The van der Waals surface area contributed by atoms with Crippen LogP contribution in [0.5, 0.6) is 0 Å². The van der Waals surface area contributed by atoms with Crippen molar-refractivity contribution in [3.63, 3.8) is 0 Å². The third-order valence-electron chi connectivity index (χ3n) is 2.31. The first kappa shape index (κ1) is 10.4. The first-order valence-electron chi connectivity index (χ1n) is 5.34. The fraction of sp³-hybridized carbons (Fsp3) is 0.364. The fourth-order valence-electron chi connectivity index (χ4n) is 1.44. The fourth-order valence-corrected chi connectivity index (χ4v) is 1.44. The van der Waals surface area contributed by atoms with Gasteiger partial charge < -0.3 is 5.32 Å². The summed E-state index contributed by atoms with van der Waals surface area (Å²) in [6, 6.07) is 5.78. The average Bonchev–Trinajstić information content (AvgIpc) is 2.71. The second-order valence-corrected chi connectivity index (χ2v) is 3.52. The van der Waals surface area contributed by atoms with E-state index in [1.807, 2.05) is 12.1 Å². The average molecular weight is 215 g/mol. The van der Waals surface area contributed by atoms with Crippen LogP contribution in [0.15, 0.2) is 18.3 Å². The molecule has 2 aromatic rings. The number of anilines is 1. The molecule has 0 spiro atoms. The van der Waals surface area contributed by atoms with Crippen LogP contribution in [0.4, 0.5) is 5.82 Å². The molecule has 2 aromatic heterocycles. The van der Waals surface area contributed by atoms with Gasteiger partial charge in [0.15, 0.2) is 11.3 Å². The Hall–Kier alpha value is -2.09. The number of hydrogen-bond donors (Lipinski definition) is 1. The van der Waals surface area contributed by atoms with Crippen molar-refractivity contribution in [1.29, 1.82) is 5.26 Å². The van der Waals surface area contributed by atoms with Crippen LogP contribution in [0.1, 0.15) is 25.5 Å². The van der Waals surface area contributed by atoms with Crippen molar-refractivity contribution in [3.8, 4) is 6.07 Å². The highest BCUT2D eigenvalue weighted by molar-refractivity contribution is 5.47. The molecule has 0 bridgehead atoms. The van der Waals surface area contributed by atoms with Gasteiger partial charge in [-0.05, 0) is 18.6 Å². The quantitative estimate of drug-likeness (QED) is 0.790. The molecule has 1 N–H and O–H groups in total. The van der Waals surface area contributed by atoms with Gasteiger partial charge in [0.25, 0.3) is 0 Å². The topological polar surface area (TPSA) is 66.0 Å². The van der Waals surface area contributed by atoms with E-state index in [1.165, 1.54) is 6.20 Å². The smallest absolute Gasteiger partial charge is 0.162 e.